The minimum Gasteiger partial charge on any atom is -0.396 e. The molecule has 3 aliphatic heterocycles. The monoisotopic (exact) mass is 501 g/mol. The SMILES string of the molecule is C[C@H]1C[C@@H](CCn2cc(CCO)nn2)O[C@]12C(=O)N(Cc1ccccc1)c1ccc(N3CCC3=O)cc12. The quantitative estimate of drug-likeness (QED) is 0.477. The van der Waals surface area contributed by atoms with Crippen LogP contribution in [0.15, 0.2) is 54.7 Å². The zero-order valence-corrected chi connectivity index (χ0v) is 20.9. The number of β-lactam (4-membered cyclic amide) rings is 1. The van der Waals surface area contributed by atoms with Crippen molar-refractivity contribution in [1.82, 2.24) is 15.0 Å². The van der Waals surface area contributed by atoms with Gasteiger partial charge >= 0.3 is 0 Å². The number of carbonyl (C=O) groups is 2. The molecule has 0 saturated carbocycles. The lowest BCUT2D eigenvalue weighted by Crippen LogP contribution is -2.44. The minimum atomic E-state index is -1.08. The predicted octanol–water partition coefficient (Wildman–Crippen LogP) is 2.81. The Morgan fingerprint density at radius 2 is 2.00 bits per heavy atom. The Labute approximate surface area is 215 Å². The number of hydrogen-bond donors (Lipinski definition) is 1. The Bertz CT molecular complexity index is 1330. The average molecular weight is 502 g/mol. The van der Waals surface area contributed by atoms with Crippen LogP contribution in [0.25, 0.3) is 0 Å². The van der Waals surface area contributed by atoms with Gasteiger partial charge < -0.3 is 19.6 Å². The van der Waals surface area contributed by atoms with Crippen LogP contribution in [0.5, 0.6) is 0 Å². The average Bonchev–Trinajstić information content (AvgIpc) is 3.55. The number of aromatic nitrogens is 3. The molecular weight excluding hydrogens is 470 g/mol. The molecular formula is C28H31N5O4. The fraction of sp³-hybridized carbons (Fsp3) is 0.429. The molecule has 192 valence electrons. The maximum Gasteiger partial charge on any atom is 0.264 e. The van der Waals surface area contributed by atoms with E-state index in [2.05, 4.69) is 17.2 Å². The normalized spacial score (nSPS) is 24.7. The topological polar surface area (TPSA) is 101 Å². The molecule has 0 radical (unpaired) electrons. The van der Waals surface area contributed by atoms with E-state index in [-0.39, 0.29) is 30.4 Å². The highest BCUT2D eigenvalue weighted by Gasteiger charge is 2.60. The van der Waals surface area contributed by atoms with Crippen LogP contribution in [0.1, 0.15) is 43.0 Å². The molecule has 0 unspecified atom stereocenters. The summed E-state index contributed by atoms with van der Waals surface area (Å²) in [4.78, 5) is 30.0. The first-order valence-corrected chi connectivity index (χ1v) is 13.0. The number of fused-ring (bicyclic) bond motifs is 2. The van der Waals surface area contributed by atoms with Crippen LogP contribution < -0.4 is 9.80 Å². The molecule has 0 aliphatic carbocycles. The molecule has 1 spiro atoms. The van der Waals surface area contributed by atoms with Gasteiger partial charge in [0.15, 0.2) is 5.60 Å². The van der Waals surface area contributed by atoms with Crippen molar-refractivity contribution in [2.24, 2.45) is 5.92 Å². The highest BCUT2D eigenvalue weighted by molar-refractivity contribution is 6.08. The van der Waals surface area contributed by atoms with Crippen molar-refractivity contribution < 1.29 is 19.4 Å². The second kappa shape index (κ2) is 9.39. The molecule has 3 atom stereocenters. The molecule has 1 aromatic heterocycles. The summed E-state index contributed by atoms with van der Waals surface area (Å²) >= 11 is 0. The van der Waals surface area contributed by atoms with Gasteiger partial charge in [-0.15, -0.1) is 5.10 Å². The number of hydrogen-bond acceptors (Lipinski definition) is 6. The van der Waals surface area contributed by atoms with Gasteiger partial charge in [-0.25, -0.2) is 0 Å². The summed E-state index contributed by atoms with van der Waals surface area (Å²) in [6, 6.07) is 15.9. The second-order valence-corrected chi connectivity index (χ2v) is 10.2. The lowest BCUT2D eigenvalue weighted by atomic mass is 9.82. The number of benzene rings is 2. The standard InChI is InChI=1S/C28H31N5O4/c1-19-15-23(9-12-31-18-21(11-14-34)29-30-31)37-28(19)24-16-22(32-13-10-26(32)35)7-8-25(24)33(27(28)36)17-20-5-3-2-4-6-20/h2-8,16,18-19,23,34H,9-15,17H2,1H3/t19-,23+,28+/m0/s1. The van der Waals surface area contributed by atoms with Crippen molar-refractivity contribution in [3.63, 3.8) is 0 Å². The van der Waals surface area contributed by atoms with Crippen molar-refractivity contribution >= 4 is 23.2 Å². The summed E-state index contributed by atoms with van der Waals surface area (Å²) in [6.45, 7) is 3.90. The van der Waals surface area contributed by atoms with Crippen molar-refractivity contribution in [2.75, 3.05) is 23.0 Å². The van der Waals surface area contributed by atoms with Crippen molar-refractivity contribution in [3.05, 3.63) is 71.5 Å². The maximum absolute atomic E-state index is 14.2. The molecule has 1 N–H and O–H groups in total. The lowest BCUT2D eigenvalue weighted by Gasteiger charge is -2.32. The molecule has 3 aliphatic rings. The summed E-state index contributed by atoms with van der Waals surface area (Å²) in [5.74, 6) is 0.0260. The Balaban J connectivity index is 1.30. The number of aryl methyl sites for hydroxylation is 1. The van der Waals surface area contributed by atoms with Gasteiger partial charge in [0.25, 0.3) is 5.91 Å². The first kappa shape index (κ1) is 23.8. The van der Waals surface area contributed by atoms with Gasteiger partial charge in [-0.3, -0.25) is 14.3 Å². The summed E-state index contributed by atoms with van der Waals surface area (Å²) in [6.07, 6.45) is 4.19. The molecule has 3 aromatic rings. The summed E-state index contributed by atoms with van der Waals surface area (Å²) in [5.41, 5.74) is 3.25. The molecule has 6 rings (SSSR count). The number of aliphatic hydroxyl groups excluding tert-OH is 1. The smallest absolute Gasteiger partial charge is 0.264 e. The lowest BCUT2D eigenvalue weighted by molar-refractivity contribution is -0.146. The van der Waals surface area contributed by atoms with E-state index in [1.54, 1.807) is 9.58 Å². The number of nitrogens with zero attached hydrogens (tertiary/aromatic N) is 5. The van der Waals surface area contributed by atoms with Gasteiger partial charge in [0.1, 0.15) is 0 Å². The molecule has 2 aromatic carbocycles. The Hall–Kier alpha value is -3.56. The molecule has 0 bridgehead atoms. The molecule has 9 heteroatoms. The largest absolute Gasteiger partial charge is 0.396 e. The number of rotatable bonds is 8. The van der Waals surface area contributed by atoms with Crippen molar-refractivity contribution in [1.29, 1.82) is 0 Å². The van der Waals surface area contributed by atoms with Crippen LogP contribution in [0.4, 0.5) is 11.4 Å². The van der Waals surface area contributed by atoms with Gasteiger partial charge in [-0.05, 0) is 36.6 Å². The van der Waals surface area contributed by atoms with Crippen molar-refractivity contribution in [3.8, 4) is 0 Å². The Morgan fingerprint density at radius 1 is 1.16 bits per heavy atom. The van der Waals surface area contributed by atoms with Gasteiger partial charge in [-0.2, -0.15) is 0 Å². The highest BCUT2D eigenvalue weighted by atomic mass is 16.5. The number of anilines is 2. The van der Waals surface area contributed by atoms with Crippen LogP contribution in [0.3, 0.4) is 0 Å². The molecule has 37 heavy (non-hydrogen) atoms. The third kappa shape index (κ3) is 4.02. The fourth-order valence-electron chi connectivity index (χ4n) is 5.87. The second-order valence-electron chi connectivity index (χ2n) is 10.2. The van der Waals surface area contributed by atoms with E-state index in [1.165, 1.54) is 0 Å². The third-order valence-electron chi connectivity index (χ3n) is 7.88. The van der Waals surface area contributed by atoms with Gasteiger partial charge in [0.05, 0.1) is 24.0 Å². The van der Waals surface area contributed by atoms with Crippen LogP contribution in [0, 0.1) is 5.92 Å². The fourth-order valence-corrected chi connectivity index (χ4v) is 5.87. The number of aliphatic hydroxyl groups is 1. The molecule has 2 saturated heterocycles. The number of carbonyl (C=O) groups excluding carboxylic acids is 2. The highest BCUT2D eigenvalue weighted by Crippen LogP contribution is 2.54. The predicted molar refractivity (Wildman–Crippen MR) is 137 cm³/mol. The van der Waals surface area contributed by atoms with E-state index in [0.29, 0.717) is 38.9 Å². The molecule has 4 heterocycles. The number of ether oxygens (including phenoxy) is 1. The Kier molecular flexibility index (Phi) is 6.04. The van der Waals surface area contributed by atoms with Gasteiger partial charge in [-0.1, -0.05) is 42.5 Å². The van der Waals surface area contributed by atoms with E-state index in [1.807, 2.05) is 59.6 Å². The zero-order chi connectivity index (χ0) is 25.6. The maximum atomic E-state index is 14.2. The van der Waals surface area contributed by atoms with E-state index < -0.39 is 5.60 Å². The van der Waals surface area contributed by atoms with E-state index in [9.17, 15) is 9.59 Å². The zero-order valence-electron chi connectivity index (χ0n) is 20.9. The van der Waals surface area contributed by atoms with E-state index in [0.717, 1.165) is 34.6 Å². The Morgan fingerprint density at radius 3 is 2.73 bits per heavy atom. The van der Waals surface area contributed by atoms with Crippen molar-refractivity contribution in [2.45, 2.75) is 57.4 Å². The van der Waals surface area contributed by atoms with Crippen LogP contribution >= 0.6 is 0 Å². The minimum absolute atomic E-state index is 0.0347. The number of amides is 2. The van der Waals surface area contributed by atoms with Crippen LogP contribution in [0.2, 0.25) is 0 Å². The molecule has 2 fully saturated rings. The first-order valence-electron chi connectivity index (χ1n) is 13.0. The van der Waals surface area contributed by atoms with Crippen LogP contribution in [-0.4, -0.2) is 51.2 Å². The first-order chi connectivity index (χ1) is 18.0. The molecule has 9 nitrogen and oxygen atoms in total. The van der Waals surface area contributed by atoms with Crippen LogP contribution in [-0.2, 0) is 39.4 Å². The van der Waals surface area contributed by atoms with Gasteiger partial charge in [0, 0.05) is 55.9 Å². The van der Waals surface area contributed by atoms with Gasteiger partial charge in [0.2, 0.25) is 5.91 Å². The van der Waals surface area contributed by atoms with E-state index >= 15 is 0 Å². The third-order valence-corrected chi connectivity index (χ3v) is 7.88. The summed E-state index contributed by atoms with van der Waals surface area (Å²) in [7, 11) is 0. The summed E-state index contributed by atoms with van der Waals surface area (Å²) < 4.78 is 8.49. The van der Waals surface area contributed by atoms with E-state index in [4.69, 9.17) is 9.84 Å². The molecule has 2 amide bonds. The summed E-state index contributed by atoms with van der Waals surface area (Å²) in [5, 5.41) is 17.4.